The van der Waals surface area contributed by atoms with Gasteiger partial charge in [0, 0.05) is 32.7 Å². The van der Waals surface area contributed by atoms with E-state index in [9.17, 15) is 4.79 Å². The predicted octanol–water partition coefficient (Wildman–Crippen LogP) is 3.20. The molecule has 0 spiro atoms. The van der Waals surface area contributed by atoms with E-state index < -0.39 is 0 Å². The van der Waals surface area contributed by atoms with Crippen molar-refractivity contribution in [2.24, 2.45) is 0 Å². The Labute approximate surface area is 171 Å². The van der Waals surface area contributed by atoms with Gasteiger partial charge in [-0.25, -0.2) is 4.98 Å². The van der Waals surface area contributed by atoms with Gasteiger partial charge in [-0.15, -0.1) is 0 Å². The summed E-state index contributed by atoms with van der Waals surface area (Å²) in [5.41, 5.74) is 1.99. The molecule has 0 amide bonds. The molecule has 6 nitrogen and oxygen atoms in total. The zero-order valence-corrected chi connectivity index (χ0v) is 17.1. The summed E-state index contributed by atoms with van der Waals surface area (Å²) in [6, 6.07) is 15.9. The van der Waals surface area contributed by atoms with Crippen LogP contribution in [0.2, 0.25) is 0 Å². The van der Waals surface area contributed by atoms with Crippen LogP contribution in [0.25, 0.3) is 10.9 Å². The van der Waals surface area contributed by atoms with Crippen molar-refractivity contribution in [3.05, 3.63) is 70.3 Å². The van der Waals surface area contributed by atoms with Crippen LogP contribution in [-0.2, 0) is 6.54 Å². The number of fused-ring (bicyclic) bond motifs is 1. The molecule has 6 heteroatoms. The summed E-state index contributed by atoms with van der Waals surface area (Å²) in [6.45, 7) is 9.65. The average Bonchev–Trinajstić information content (AvgIpc) is 2.75. The molecule has 2 aromatic carbocycles. The second-order valence-corrected chi connectivity index (χ2v) is 7.53. The Balaban J connectivity index is 1.37. The lowest BCUT2D eigenvalue weighted by atomic mass is 10.1. The molecule has 4 rings (SSSR count). The predicted molar refractivity (Wildman–Crippen MR) is 115 cm³/mol. The third-order valence-corrected chi connectivity index (χ3v) is 5.62. The summed E-state index contributed by atoms with van der Waals surface area (Å²) >= 11 is 0. The van der Waals surface area contributed by atoms with Crippen molar-refractivity contribution < 1.29 is 4.74 Å². The molecular weight excluding hydrogens is 364 g/mol. The van der Waals surface area contributed by atoms with Crippen molar-refractivity contribution in [1.82, 2.24) is 19.8 Å². The number of nitrogens with zero attached hydrogens (tertiary/aromatic N) is 3. The second kappa shape index (κ2) is 8.76. The van der Waals surface area contributed by atoms with E-state index in [0.29, 0.717) is 12.0 Å². The van der Waals surface area contributed by atoms with Crippen molar-refractivity contribution in [3.8, 4) is 5.75 Å². The van der Waals surface area contributed by atoms with Crippen molar-refractivity contribution >= 4 is 10.9 Å². The molecule has 1 atom stereocenters. The van der Waals surface area contributed by atoms with Crippen LogP contribution in [0.1, 0.15) is 31.3 Å². The minimum atomic E-state index is -0.0633. The van der Waals surface area contributed by atoms with E-state index in [4.69, 9.17) is 9.72 Å². The molecule has 2 heterocycles. The molecule has 0 saturated carbocycles. The average molecular weight is 393 g/mol. The largest absolute Gasteiger partial charge is 0.494 e. The maximum Gasteiger partial charge on any atom is 0.258 e. The molecule has 29 heavy (non-hydrogen) atoms. The highest BCUT2D eigenvalue weighted by atomic mass is 16.5. The van der Waals surface area contributed by atoms with Gasteiger partial charge in [-0.05, 0) is 43.7 Å². The van der Waals surface area contributed by atoms with Crippen molar-refractivity contribution in [3.63, 3.8) is 0 Å². The maximum atomic E-state index is 12.4. The number of hydrogen-bond donors (Lipinski definition) is 1. The Hall–Kier alpha value is -2.70. The molecule has 1 aliphatic rings. The first-order valence-corrected chi connectivity index (χ1v) is 10.3. The van der Waals surface area contributed by atoms with Crippen molar-refractivity contribution in [2.45, 2.75) is 26.4 Å². The molecule has 152 valence electrons. The van der Waals surface area contributed by atoms with E-state index in [1.807, 2.05) is 43.3 Å². The molecule has 0 aliphatic carbocycles. The number of aromatic nitrogens is 2. The van der Waals surface area contributed by atoms with Crippen LogP contribution < -0.4 is 10.3 Å². The summed E-state index contributed by atoms with van der Waals surface area (Å²) in [5.74, 6) is 1.67. The Bertz CT molecular complexity index is 1010. The first kappa shape index (κ1) is 19.6. The van der Waals surface area contributed by atoms with Gasteiger partial charge in [0.25, 0.3) is 5.56 Å². The Morgan fingerprint density at radius 1 is 1.07 bits per heavy atom. The maximum absolute atomic E-state index is 12.4. The minimum Gasteiger partial charge on any atom is -0.494 e. The zero-order chi connectivity index (χ0) is 20.2. The number of para-hydroxylation sites is 1. The van der Waals surface area contributed by atoms with Crippen LogP contribution in [0.5, 0.6) is 5.75 Å². The smallest absolute Gasteiger partial charge is 0.258 e. The van der Waals surface area contributed by atoms with Crippen molar-refractivity contribution in [1.29, 1.82) is 0 Å². The lowest BCUT2D eigenvalue weighted by Gasteiger charge is -2.37. The van der Waals surface area contributed by atoms with E-state index in [1.54, 1.807) is 0 Å². The number of H-pyrrole nitrogens is 1. The Kier molecular flexibility index (Phi) is 5.92. The topological polar surface area (TPSA) is 61.5 Å². The molecule has 1 aliphatic heterocycles. The highest BCUT2D eigenvalue weighted by Crippen LogP contribution is 2.20. The number of aromatic amines is 1. The lowest BCUT2D eigenvalue weighted by molar-refractivity contribution is 0.0948. The van der Waals surface area contributed by atoms with Crippen molar-refractivity contribution in [2.75, 3.05) is 32.8 Å². The second-order valence-electron chi connectivity index (χ2n) is 7.53. The normalized spacial score (nSPS) is 16.8. The van der Waals surface area contributed by atoms with Gasteiger partial charge in [-0.3, -0.25) is 14.6 Å². The number of piperazine rings is 1. The highest BCUT2D eigenvalue weighted by Gasteiger charge is 2.24. The first-order chi connectivity index (χ1) is 14.1. The summed E-state index contributed by atoms with van der Waals surface area (Å²) in [4.78, 5) is 24.9. The quantitative estimate of drug-likeness (QED) is 0.698. The van der Waals surface area contributed by atoms with Crippen LogP contribution in [0.4, 0.5) is 0 Å². The SMILES string of the molecule is CCOc1ccc(CN2CCN([C@@H](C)c3nc4ccccc4c(=O)[nH]3)CC2)cc1. The molecular formula is C23H28N4O2. The molecule has 0 radical (unpaired) electrons. The number of rotatable bonds is 6. The molecule has 3 aromatic rings. The molecule has 1 aromatic heterocycles. The van der Waals surface area contributed by atoms with Gasteiger partial charge in [-0.2, -0.15) is 0 Å². The zero-order valence-electron chi connectivity index (χ0n) is 17.1. The first-order valence-electron chi connectivity index (χ1n) is 10.3. The lowest BCUT2D eigenvalue weighted by Crippen LogP contribution is -2.47. The fourth-order valence-electron chi connectivity index (χ4n) is 3.90. The van der Waals surface area contributed by atoms with E-state index >= 15 is 0 Å². The van der Waals surface area contributed by atoms with Crippen LogP contribution in [0.3, 0.4) is 0 Å². The number of hydrogen-bond acceptors (Lipinski definition) is 5. The van der Waals surface area contributed by atoms with Gasteiger partial charge in [0.15, 0.2) is 0 Å². The molecule has 0 bridgehead atoms. The van der Waals surface area contributed by atoms with Gasteiger partial charge in [0.2, 0.25) is 0 Å². The van der Waals surface area contributed by atoms with E-state index in [1.165, 1.54) is 5.56 Å². The van der Waals surface area contributed by atoms with Gasteiger partial charge in [-0.1, -0.05) is 24.3 Å². The molecule has 1 saturated heterocycles. The van der Waals surface area contributed by atoms with Gasteiger partial charge in [0.05, 0.1) is 23.6 Å². The summed E-state index contributed by atoms with van der Waals surface area (Å²) in [7, 11) is 0. The van der Waals surface area contributed by atoms with E-state index in [0.717, 1.165) is 49.8 Å². The van der Waals surface area contributed by atoms with Gasteiger partial charge in [0.1, 0.15) is 11.6 Å². The number of benzene rings is 2. The Morgan fingerprint density at radius 2 is 1.79 bits per heavy atom. The van der Waals surface area contributed by atoms with Crippen LogP contribution >= 0.6 is 0 Å². The van der Waals surface area contributed by atoms with Crippen LogP contribution in [0.15, 0.2) is 53.3 Å². The third kappa shape index (κ3) is 4.49. The van der Waals surface area contributed by atoms with E-state index in [2.05, 4.69) is 33.8 Å². The van der Waals surface area contributed by atoms with Crippen LogP contribution in [-0.4, -0.2) is 52.6 Å². The summed E-state index contributed by atoms with van der Waals surface area (Å²) < 4.78 is 5.52. The highest BCUT2D eigenvalue weighted by molar-refractivity contribution is 5.77. The minimum absolute atomic E-state index is 0.0633. The fourth-order valence-corrected chi connectivity index (χ4v) is 3.90. The van der Waals surface area contributed by atoms with Gasteiger partial charge < -0.3 is 9.72 Å². The molecule has 0 unspecified atom stereocenters. The standard InChI is InChI=1S/C23H28N4O2/c1-3-29-19-10-8-18(9-11-19)16-26-12-14-27(15-13-26)17(2)22-24-21-7-5-4-6-20(21)23(28)25-22/h4-11,17H,3,12-16H2,1-2H3,(H,24,25,28)/t17-/m0/s1. The number of ether oxygens (including phenoxy) is 1. The summed E-state index contributed by atoms with van der Waals surface area (Å²) in [5, 5.41) is 0.642. The number of nitrogens with one attached hydrogen (secondary N) is 1. The summed E-state index contributed by atoms with van der Waals surface area (Å²) in [6.07, 6.45) is 0. The van der Waals surface area contributed by atoms with E-state index in [-0.39, 0.29) is 11.6 Å². The fraction of sp³-hybridized carbons (Fsp3) is 0.391. The monoisotopic (exact) mass is 392 g/mol. The molecule has 1 N–H and O–H groups in total. The molecule has 1 fully saturated rings. The van der Waals surface area contributed by atoms with Crippen LogP contribution in [0, 0.1) is 0 Å². The van der Waals surface area contributed by atoms with Gasteiger partial charge >= 0.3 is 0 Å². The Morgan fingerprint density at radius 3 is 2.52 bits per heavy atom. The third-order valence-electron chi connectivity index (χ3n) is 5.62.